The molecule has 1 aromatic carbocycles. The number of hydrogen-bond donors (Lipinski definition) is 1. The van der Waals surface area contributed by atoms with Crippen LogP contribution >= 0.6 is 12.2 Å². The van der Waals surface area contributed by atoms with Gasteiger partial charge >= 0.3 is 5.69 Å². The Morgan fingerprint density at radius 1 is 1.26 bits per heavy atom. The lowest BCUT2D eigenvalue weighted by molar-refractivity contribution is -0.0658. The monoisotopic (exact) mass is 447 g/mol. The van der Waals surface area contributed by atoms with E-state index in [2.05, 4.69) is 4.98 Å². The molecule has 31 heavy (non-hydrogen) atoms. The second kappa shape index (κ2) is 10.7. The lowest BCUT2D eigenvalue weighted by Gasteiger charge is -2.26. The van der Waals surface area contributed by atoms with Crippen LogP contribution in [0.5, 0.6) is 0 Å². The number of thiocarbonyl (C=S) groups is 1. The molecule has 168 valence electrons. The quantitative estimate of drug-likeness (QED) is 0.622. The van der Waals surface area contributed by atoms with E-state index in [1.807, 2.05) is 49.1 Å². The number of aromatic amines is 1. The maximum Gasteiger partial charge on any atom is 0.330 e. The van der Waals surface area contributed by atoms with Crippen molar-refractivity contribution >= 4 is 17.4 Å². The average molecular weight is 448 g/mol. The highest BCUT2D eigenvalue weighted by molar-refractivity contribution is 7.80. The van der Waals surface area contributed by atoms with Crippen LogP contribution < -0.4 is 11.2 Å². The number of rotatable bonds is 8. The fourth-order valence-electron chi connectivity index (χ4n) is 3.50. The van der Waals surface area contributed by atoms with Crippen LogP contribution in [0.4, 0.5) is 0 Å². The van der Waals surface area contributed by atoms with Gasteiger partial charge in [-0.15, -0.1) is 0 Å². The summed E-state index contributed by atoms with van der Waals surface area (Å²) in [5.41, 5.74) is 0.567. The van der Waals surface area contributed by atoms with Crippen LogP contribution in [0.25, 0.3) is 0 Å². The molecule has 1 aliphatic heterocycles. The Morgan fingerprint density at radius 3 is 2.65 bits per heavy atom. The minimum Gasteiger partial charge on any atom is -0.465 e. The second-order valence-corrected chi connectivity index (χ2v) is 7.79. The number of aromatic nitrogens is 2. The van der Waals surface area contributed by atoms with Crippen LogP contribution in [-0.2, 0) is 20.8 Å². The molecule has 1 fully saturated rings. The van der Waals surface area contributed by atoms with Crippen molar-refractivity contribution in [1.29, 1.82) is 0 Å². The van der Waals surface area contributed by atoms with Crippen LogP contribution in [0.2, 0.25) is 0 Å². The van der Waals surface area contributed by atoms with Crippen molar-refractivity contribution in [2.75, 3.05) is 19.7 Å². The van der Waals surface area contributed by atoms with Gasteiger partial charge in [0.1, 0.15) is 18.4 Å². The molecule has 1 aliphatic rings. The molecule has 0 amide bonds. The molecule has 0 unspecified atom stereocenters. The number of ether oxygens (including phenoxy) is 3. The van der Waals surface area contributed by atoms with Crippen LogP contribution in [0.15, 0.2) is 46.1 Å². The third kappa shape index (κ3) is 5.81. The van der Waals surface area contributed by atoms with Gasteiger partial charge in [-0.05, 0) is 38.6 Å². The van der Waals surface area contributed by atoms with Gasteiger partial charge in [-0.3, -0.25) is 14.3 Å². The van der Waals surface area contributed by atoms with E-state index in [4.69, 9.17) is 26.4 Å². The van der Waals surface area contributed by atoms with E-state index in [9.17, 15) is 9.59 Å². The molecule has 0 aliphatic carbocycles. The minimum absolute atomic E-state index is 0.286. The molecule has 0 spiro atoms. The van der Waals surface area contributed by atoms with E-state index in [-0.39, 0.29) is 12.7 Å². The standard InChI is InChI=1S/C22H29N3O5S/c1-4-24(5-2)22(31)30-17-11-19(25-12-15(3)20(26)23-21(25)27)29-18(17)14-28-13-16-9-7-6-8-10-16/h6-10,12,17-19H,4-5,11,13-14H2,1-3H3,(H,23,26,27)/t17-,18+,19+/m0/s1. The minimum atomic E-state index is -0.585. The zero-order valence-corrected chi connectivity index (χ0v) is 18.9. The van der Waals surface area contributed by atoms with Crippen molar-refractivity contribution in [3.63, 3.8) is 0 Å². The molecule has 2 aromatic rings. The summed E-state index contributed by atoms with van der Waals surface area (Å²) >= 11 is 5.46. The molecule has 8 nitrogen and oxygen atoms in total. The molecule has 1 saturated heterocycles. The highest BCUT2D eigenvalue weighted by Gasteiger charge is 2.39. The summed E-state index contributed by atoms with van der Waals surface area (Å²) in [6.07, 6.45) is 0.539. The molecule has 0 saturated carbocycles. The van der Waals surface area contributed by atoms with Gasteiger partial charge < -0.3 is 19.1 Å². The van der Waals surface area contributed by atoms with Crippen molar-refractivity contribution in [1.82, 2.24) is 14.5 Å². The highest BCUT2D eigenvalue weighted by atomic mass is 32.1. The second-order valence-electron chi connectivity index (χ2n) is 7.44. The Kier molecular flexibility index (Phi) is 8.00. The number of benzene rings is 1. The molecule has 1 aromatic heterocycles. The maximum absolute atomic E-state index is 12.3. The molecular weight excluding hydrogens is 418 g/mol. The first-order valence-electron chi connectivity index (χ1n) is 10.5. The average Bonchev–Trinajstić information content (AvgIpc) is 3.14. The van der Waals surface area contributed by atoms with Crippen molar-refractivity contribution in [2.24, 2.45) is 0 Å². The summed E-state index contributed by atoms with van der Waals surface area (Å²) in [7, 11) is 0. The zero-order chi connectivity index (χ0) is 22.4. The Hall–Kier alpha value is -2.49. The third-order valence-electron chi connectivity index (χ3n) is 5.30. The summed E-state index contributed by atoms with van der Waals surface area (Å²) in [6, 6.07) is 9.85. The van der Waals surface area contributed by atoms with E-state index in [0.29, 0.717) is 23.8 Å². The van der Waals surface area contributed by atoms with Crippen LogP contribution in [0, 0.1) is 6.92 Å². The van der Waals surface area contributed by atoms with Crippen molar-refractivity contribution in [3.8, 4) is 0 Å². The Bertz CT molecular complexity index is 987. The predicted molar refractivity (Wildman–Crippen MR) is 121 cm³/mol. The number of H-pyrrole nitrogens is 1. The zero-order valence-electron chi connectivity index (χ0n) is 18.1. The molecular formula is C22H29N3O5S. The normalized spacial score (nSPS) is 20.5. The smallest absolute Gasteiger partial charge is 0.330 e. The van der Waals surface area contributed by atoms with Crippen molar-refractivity contribution in [2.45, 2.75) is 52.2 Å². The van der Waals surface area contributed by atoms with Gasteiger partial charge in [0.15, 0.2) is 0 Å². The van der Waals surface area contributed by atoms with Gasteiger partial charge in [0.05, 0.1) is 13.2 Å². The summed E-state index contributed by atoms with van der Waals surface area (Å²) in [5.74, 6) is 0. The molecule has 3 rings (SSSR count). The fourth-order valence-corrected chi connectivity index (χ4v) is 3.88. The molecule has 3 atom stereocenters. The largest absolute Gasteiger partial charge is 0.465 e. The SMILES string of the molecule is CCN(CC)C(=S)O[C@H]1C[C@H](n2cc(C)c(=O)[nH]c2=O)O[C@@H]1COCc1ccccc1. The molecule has 9 heteroatoms. The van der Waals surface area contributed by atoms with E-state index in [0.717, 1.165) is 18.7 Å². The van der Waals surface area contributed by atoms with Crippen LogP contribution in [0.3, 0.4) is 0 Å². The number of aryl methyl sites for hydroxylation is 1. The fraction of sp³-hybridized carbons (Fsp3) is 0.500. The Labute approximate surface area is 186 Å². The van der Waals surface area contributed by atoms with Gasteiger partial charge in [-0.1, -0.05) is 30.3 Å². The molecule has 2 heterocycles. The number of nitrogens with zero attached hydrogens (tertiary/aromatic N) is 2. The van der Waals surface area contributed by atoms with Gasteiger partial charge in [-0.25, -0.2) is 4.79 Å². The summed E-state index contributed by atoms with van der Waals surface area (Å²) in [6.45, 7) is 7.87. The van der Waals surface area contributed by atoms with Crippen molar-refractivity contribution in [3.05, 3.63) is 68.5 Å². The van der Waals surface area contributed by atoms with Gasteiger partial charge in [0.25, 0.3) is 10.7 Å². The first kappa shape index (κ1) is 23.2. The maximum atomic E-state index is 12.3. The van der Waals surface area contributed by atoms with Gasteiger partial charge in [0.2, 0.25) is 0 Å². The summed E-state index contributed by atoms with van der Waals surface area (Å²) < 4.78 is 19.5. The number of hydrogen-bond acceptors (Lipinski definition) is 6. The molecule has 1 N–H and O–H groups in total. The first-order chi connectivity index (χ1) is 14.9. The van der Waals surface area contributed by atoms with Gasteiger partial charge in [0, 0.05) is 31.3 Å². The van der Waals surface area contributed by atoms with Crippen molar-refractivity contribution < 1.29 is 14.2 Å². The highest BCUT2D eigenvalue weighted by Crippen LogP contribution is 2.31. The van der Waals surface area contributed by atoms with E-state index in [1.54, 1.807) is 6.92 Å². The van der Waals surface area contributed by atoms with E-state index < -0.39 is 23.6 Å². The molecule has 0 bridgehead atoms. The third-order valence-corrected chi connectivity index (χ3v) is 5.66. The lowest BCUT2D eigenvalue weighted by atomic mass is 10.2. The number of nitrogens with one attached hydrogen (secondary N) is 1. The first-order valence-corrected chi connectivity index (χ1v) is 10.9. The summed E-state index contributed by atoms with van der Waals surface area (Å²) in [5, 5.41) is 0.400. The van der Waals surface area contributed by atoms with Gasteiger partial charge in [-0.2, -0.15) is 0 Å². The lowest BCUT2D eigenvalue weighted by Crippen LogP contribution is -2.37. The van der Waals surface area contributed by atoms with Crippen LogP contribution in [-0.4, -0.2) is 51.5 Å². The summed E-state index contributed by atoms with van der Waals surface area (Å²) in [4.78, 5) is 28.3. The van der Waals surface area contributed by atoms with E-state index >= 15 is 0 Å². The topological polar surface area (TPSA) is 85.8 Å². The predicted octanol–water partition coefficient (Wildman–Crippen LogP) is 2.36. The van der Waals surface area contributed by atoms with Crippen LogP contribution in [0.1, 0.15) is 37.6 Å². The van der Waals surface area contributed by atoms with E-state index in [1.165, 1.54) is 10.8 Å². The molecule has 0 radical (unpaired) electrons. The Balaban J connectivity index is 1.74. The Morgan fingerprint density at radius 2 is 1.97 bits per heavy atom.